The first kappa shape index (κ1) is 11.1. The molecule has 1 saturated heterocycles. The van der Waals surface area contributed by atoms with Gasteiger partial charge in [0.2, 0.25) is 0 Å². The van der Waals surface area contributed by atoms with E-state index < -0.39 is 0 Å². The average molecular weight is 251 g/mol. The second kappa shape index (κ2) is 4.67. The van der Waals surface area contributed by atoms with E-state index in [0.29, 0.717) is 11.9 Å². The summed E-state index contributed by atoms with van der Waals surface area (Å²) in [6, 6.07) is 8.57. The average Bonchev–Trinajstić information content (AvgIpc) is 2.78. The van der Waals surface area contributed by atoms with Crippen molar-refractivity contribution in [2.45, 2.75) is 24.8 Å². The number of para-hydroxylation sites is 2. The minimum Gasteiger partial charge on any atom is -0.379 e. The molecule has 0 N–H and O–H groups in total. The van der Waals surface area contributed by atoms with E-state index in [-0.39, 0.29) is 0 Å². The largest absolute Gasteiger partial charge is 0.379 e. The summed E-state index contributed by atoms with van der Waals surface area (Å²) >= 11 is 6.00. The van der Waals surface area contributed by atoms with Crippen LogP contribution in [-0.4, -0.2) is 22.8 Å². The van der Waals surface area contributed by atoms with Crippen molar-refractivity contribution < 1.29 is 4.74 Å². The van der Waals surface area contributed by atoms with Gasteiger partial charge in [-0.1, -0.05) is 12.1 Å². The number of alkyl halides is 1. The van der Waals surface area contributed by atoms with Gasteiger partial charge >= 0.3 is 0 Å². The fraction of sp³-hybridized carbons (Fsp3) is 0.462. The molecule has 0 aliphatic carbocycles. The van der Waals surface area contributed by atoms with E-state index in [4.69, 9.17) is 16.3 Å². The maximum absolute atomic E-state index is 6.00. The Morgan fingerprint density at radius 2 is 2.29 bits per heavy atom. The first-order chi connectivity index (χ1) is 8.40. The normalized spacial score (nSPS) is 20.9. The standard InChI is InChI=1S/C13H15ClN2O/c14-8-13-15-11-5-1-2-6-12(11)16(13)10-4-3-7-17-9-10/h1-2,5-6,10H,3-4,7-9H2. The number of hydrogen-bond donors (Lipinski definition) is 0. The molecule has 0 saturated carbocycles. The monoisotopic (exact) mass is 250 g/mol. The summed E-state index contributed by atoms with van der Waals surface area (Å²) in [5, 5.41) is 0. The van der Waals surface area contributed by atoms with Crippen molar-refractivity contribution in [3.63, 3.8) is 0 Å². The summed E-state index contributed by atoms with van der Waals surface area (Å²) in [4.78, 5) is 4.58. The van der Waals surface area contributed by atoms with Gasteiger partial charge in [0.05, 0.1) is 29.6 Å². The van der Waals surface area contributed by atoms with Gasteiger partial charge in [-0.2, -0.15) is 0 Å². The van der Waals surface area contributed by atoms with Crippen molar-refractivity contribution >= 4 is 22.6 Å². The fourth-order valence-corrected chi connectivity index (χ4v) is 2.71. The highest BCUT2D eigenvalue weighted by Crippen LogP contribution is 2.27. The lowest BCUT2D eigenvalue weighted by molar-refractivity contribution is 0.0597. The lowest BCUT2D eigenvalue weighted by atomic mass is 10.1. The highest BCUT2D eigenvalue weighted by molar-refractivity contribution is 6.16. The molecule has 1 aromatic heterocycles. The number of imidazole rings is 1. The zero-order valence-corrected chi connectivity index (χ0v) is 10.4. The van der Waals surface area contributed by atoms with Gasteiger partial charge in [-0.25, -0.2) is 4.98 Å². The smallest absolute Gasteiger partial charge is 0.125 e. The first-order valence-corrected chi connectivity index (χ1v) is 6.53. The summed E-state index contributed by atoms with van der Waals surface area (Å²) in [6.07, 6.45) is 2.25. The Labute approximate surface area is 105 Å². The minimum atomic E-state index is 0.380. The third-order valence-corrected chi connectivity index (χ3v) is 3.53. The fourth-order valence-electron chi connectivity index (χ4n) is 2.52. The predicted octanol–water partition coefficient (Wildman–Crippen LogP) is 3.13. The van der Waals surface area contributed by atoms with Gasteiger partial charge in [0.25, 0.3) is 0 Å². The molecule has 3 rings (SSSR count). The molecule has 1 aliphatic rings. The summed E-state index contributed by atoms with van der Waals surface area (Å²) < 4.78 is 7.81. The molecule has 1 atom stereocenters. The summed E-state index contributed by atoms with van der Waals surface area (Å²) in [6.45, 7) is 1.64. The van der Waals surface area contributed by atoms with Crippen molar-refractivity contribution in [1.82, 2.24) is 9.55 Å². The van der Waals surface area contributed by atoms with Crippen molar-refractivity contribution in [2.75, 3.05) is 13.2 Å². The summed E-state index contributed by atoms with van der Waals surface area (Å²) in [7, 11) is 0. The van der Waals surface area contributed by atoms with Crippen LogP contribution in [0.1, 0.15) is 24.7 Å². The second-order valence-electron chi connectivity index (χ2n) is 4.39. The van der Waals surface area contributed by atoms with E-state index in [1.54, 1.807) is 0 Å². The van der Waals surface area contributed by atoms with Gasteiger partial charge in [-0.15, -0.1) is 11.6 Å². The van der Waals surface area contributed by atoms with Crippen LogP contribution in [0, 0.1) is 0 Å². The lowest BCUT2D eigenvalue weighted by Crippen LogP contribution is -2.22. The topological polar surface area (TPSA) is 27.1 Å². The number of halogens is 1. The minimum absolute atomic E-state index is 0.380. The molecule has 90 valence electrons. The van der Waals surface area contributed by atoms with Crippen LogP contribution >= 0.6 is 11.6 Å². The van der Waals surface area contributed by atoms with E-state index in [0.717, 1.165) is 37.4 Å². The van der Waals surface area contributed by atoms with Crippen molar-refractivity contribution in [1.29, 1.82) is 0 Å². The Hall–Kier alpha value is -1.06. The molecular formula is C13H15ClN2O. The molecule has 1 fully saturated rings. The highest BCUT2D eigenvalue weighted by Gasteiger charge is 2.21. The molecule has 0 spiro atoms. The van der Waals surface area contributed by atoms with Crippen LogP contribution in [0.25, 0.3) is 11.0 Å². The number of ether oxygens (including phenoxy) is 1. The zero-order valence-electron chi connectivity index (χ0n) is 9.60. The van der Waals surface area contributed by atoms with Gasteiger partial charge in [0, 0.05) is 6.61 Å². The molecule has 0 bridgehead atoms. The number of fused-ring (bicyclic) bond motifs is 1. The number of rotatable bonds is 2. The Bertz CT molecular complexity index is 517. The Kier molecular flexibility index (Phi) is 3.04. The number of nitrogens with zero attached hydrogens (tertiary/aromatic N) is 2. The van der Waals surface area contributed by atoms with Crippen LogP contribution in [0.3, 0.4) is 0 Å². The third kappa shape index (κ3) is 1.94. The lowest BCUT2D eigenvalue weighted by Gasteiger charge is -2.25. The molecule has 1 unspecified atom stereocenters. The Morgan fingerprint density at radius 3 is 3.06 bits per heavy atom. The summed E-state index contributed by atoms with van der Waals surface area (Å²) in [5.74, 6) is 1.40. The van der Waals surface area contributed by atoms with Gasteiger partial charge < -0.3 is 9.30 Å². The zero-order chi connectivity index (χ0) is 11.7. The van der Waals surface area contributed by atoms with Crippen LogP contribution in [0.5, 0.6) is 0 Å². The Balaban J connectivity index is 2.11. The molecule has 1 aliphatic heterocycles. The molecule has 3 nitrogen and oxygen atoms in total. The molecule has 2 aromatic rings. The molecule has 0 radical (unpaired) electrons. The highest BCUT2D eigenvalue weighted by atomic mass is 35.5. The maximum atomic E-state index is 6.00. The second-order valence-corrected chi connectivity index (χ2v) is 4.66. The molecule has 4 heteroatoms. The molecule has 1 aromatic carbocycles. The first-order valence-electron chi connectivity index (χ1n) is 5.99. The van der Waals surface area contributed by atoms with Crippen LogP contribution < -0.4 is 0 Å². The Morgan fingerprint density at radius 1 is 1.41 bits per heavy atom. The SMILES string of the molecule is ClCc1nc2ccccc2n1C1CCCOC1. The molecule has 0 amide bonds. The number of benzene rings is 1. The quantitative estimate of drug-likeness (QED) is 0.766. The predicted molar refractivity (Wildman–Crippen MR) is 68.4 cm³/mol. The van der Waals surface area contributed by atoms with E-state index in [1.807, 2.05) is 18.2 Å². The van der Waals surface area contributed by atoms with Gasteiger partial charge in [-0.05, 0) is 25.0 Å². The van der Waals surface area contributed by atoms with Crippen molar-refractivity contribution in [2.24, 2.45) is 0 Å². The molecule has 2 heterocycles. The van der Waals surface area contributed by atoms with Crippen LogP contribution in [0.15, 0.2) is 24.3 Å². The number of hydrogen-bond acceptors (Lipinski definition) is 2. The maximum Gasteiger partial charge on any atom is 0.125 e. The van der Waals surface area contributed by atoms with Crippen molar-refractivity contribution in [3.8, 4) is 0 Å². The van der Waals surface area contributed by atoms with Crippen molar-refractivity contribution in [3.05, 3.63) is 30.1 Å². The molecule has 17 heavy (non-hydrogen) atoms. The third-order valence-electron chi connectivity index (χ3n) is 3.29. The van der Waals surface area contributed by atoms with E-state index >= 15 is 0 Å². The van der Waals surface area contributed by atoms with Crippen LogP contribution in [0.4, 0.5) is 0 Å². The summed E-state index contributed by atoms with van der Waals surface area (Å²) in [5.41, 5.74) is 2.19. The van der Waals surface area contributed by atoms with Gasteiger partial charge in [-0.3, -0.25) is 0 Å². The van der Waals surface area contributed by atoms with Crippen LogP contribution in [0.2, 0.25) is 0 Å². The van der Waals surface area contributed by atoms with Crippen LogP contribution in [-0.2, 0) is 10.6 Å². The number of aromatic nitrogens is 2. The van der Waals surface area contributed by atoms with E-state index in [1.165, 1.54) is 5.52 Å². The van der Waals surface area contributed by atoms with E-state index in [9.17, 15) is 0 Å². The molecular weight excluding hydrogens is 236 g/mol. The van der Waals surface area contributed by atoms with Gasteiger partial charge in [0.1, 0.15) is 5.82 Å². The van der Waals surface area contributed by atoms with Gasteiger partial charge in [0.15, 0.2) is 0 Å². The van der Waals surface area contributed by atoms with E-state index in [2.05, 4.69) is 15.6 Å².